The molecule has 1 aromatic heterocycles. The van der Waals surface area contributed by atoms with Crippen LogP contribution in [0.2, 0.25) is 0 Å². The Bertz CT molecular complexity index is 1020. The molecule has 3 atom stereocenters. The van der Waals surface area contributed by atoms with Crippen molar-refractivity contribution >= 4 is 23.2 Å². The number of nitrogens with two attached hydrogens (primary N) is 1. The molecule has 1 aromatic carbocycles. The van der Waals surface area contributed by atoms with Crippen molar-refractivity contribution in [2.75, 3.05) is 12.3 Å². The van der Waals surface area contributed by atoms with E-state index in [9.17, 15) is 14.0 Å². The second kappa shape index (κ2) is 8.85. The fraction of sp³-hybridized carbons (Fsp3) is 0.348. The summed E-state index contributed by atoms with van der Waals surface area (Å²) in [5.74, 6) is -0.347. The van der Waals surface area contributed by atoms with E-state index in [1.54, 1.807) is 25.1 Å². The Kier molecular flexibility index (Phi) is 5.99. The van der Waals surface area contributed by atoms with Gasteiger partial charge in [0.2, 0.25) is 11.8 Å². The van der Waals surface area contributed by atoms with Crippen LogP contribution in [0.5, 0.6) is 0 Å². The van der Waals surface area contributed by atoms with E-state index in [0.29, 0.717) is 12.4 Å². The van der Waals surface area contributed by atoms with Gasteiger partial charge in [0, 0.05) is 12.2 Å². The molecule has 0 spiro atoms. The highest BCUT2D eigenvalue weighted by Gasteiger charge is 2.28. The van der Waals surface area contributed by atoms with Gasteiger partial charge < -0.3 is 21.7 Å². The lowest BCUT2D eigenvalue weighted by Gasteiger charge is -2.24. The maximum atomic E-state index is 13.2. The number of aromatic nitrogens is 1. The van der Waals surface area contributed by atoms with E-state index < -0.39 is 12.1 Å². The molecule has 2 heterocycles. The summed E-state index contributed by atoms with van der Waals surface area (Å²) in [4.78, 5) is 29.7. The van der Waals surface area contributed by atoms with Crippen molar-refractivity contribution in [2.24, 2.45) is 0 Å². The minimum Gasteiger partial charge on any atom is -0.384 e. The second-order valence-electron chi connectivity index (χ2n) is 7.98. The van der Waals surface area contributed by atoms with Crippen LogP contribution in [-0.2, 0) is 16.0 Å². The smallest absolute Gasteiger partial charge is 0.242 e. The standard InChI is InChI=1S/C23H26FN5O2/c1-13(22(30)29-19-8-7-18-17(19)6-9-21(25)28-18)27-23(31)20-12-15(10-11-26-20)14-2-4-16(24)5-3-14/h2-6,9,12-13,19-20,26H,7-8,10-11H2,1H3,(H2,25,28)(H,27,31)(H,29,30). The lowest BCUT2D eigenvalue weighted by Crippen LogP contribution is -2.52. The summed E-state index contributed by atoms with van der Waals surface area (Å²) in [6.45, 7) is 2.29. The first-order chi connectivity index (χ1) is 14.9. The quantitative estimate of drug-likeness (QED) is 0.587. The van der Waals surface area contributed by atoms with Gasteiger partial charge in [0.15, 0.2) is 0 Å². The van der Waals surface area contributed by atoms with Crippen LogP contribution in [0, 0.1) is 5.82 Å². The van der Waals surface area contributed by atoms with Crippen LogP contribution in [0.1, 0.15) is 42.6 Å². The highest BCUT2D eigenvalue weighted by atomic mass is 19.1. The second-order valence-corrected chi connectivity index (χ2v) is 7.98. The molecule has 0 radical (unpaired) electrons. The van der Waals surface area contributed by atoms with Crippen molar-refractivity contribution in [3.05, 3.63) is 65.1 Å². The number of fused-ring (bicyclic) bond motifs is 1. The van der Waals surface area contributed by atoms with E-state index in [0.717, 1.165) is 41.7 Å². The number of amides is 2. The van der Waals surface area contributed by atoms with Gasteiger partial charge in [0.05, 0.1) is 6.04 Å². The van der Waals surface area contributed by atoms with Crippen LogP contribution < -0.4 is 21.7 Å². The summed E-state index contributed by atoms with van der Waals surface area (Å²) in [6.07, 6.45) is 4.09. The van der Waals surface area contributed by atoms with E-state index in [2.05, 4.69) is 20.9 Å². The van der Waals surface area contributed by atoms with Crippen molar-refractivity contribution in [1.82, 2.24) is 20.9 Å². The summed E-state index contributed by atoms with van der Waals surface area (Å²) >= 11 is 0. The number of pyridine rings is 1. The molecule has 3 unspecified atom stereocenters. The molecular weight excluding hydrogens is 397 g/mol. The Balaban J connectivity index is 1.36. The van der Waals surface area contributed by atoms with E-state index in [1.165, 1.54) is 12.1 Å². The summed E-state index contributed by atoms with van der Waals surface area (Å²) in [7, 11) is 0. The maximum absolute atomic E-state index is 13.2. The fourth-order valence-electron chi connectivity index (χ4n) is 4.08. The zero-order valence-electron chi connectivity index (χ0n) is 17.3. The molecule has 0 saturated carbocycles. The number of aryl methyl sites for hydroxylation is 1. The summed E-state index contributed by atoms with van der Waals surface area (Å²) in [5.41, 5.74) is 9.48. The first-order valence-electron chi connectivity index (χ1n) is 10.5. The number of carbonyl (C=O) groups excluding carboxylic acids is 2. The number of nitrogen functional groups attached to an aromatic ring is 1. The van der Waals surface area contributed by atoms with Crippen LogP contribution >= 0.6 is 0 Å². The van der Waals surface area contributed by atoms with Crippen molar-refractivity contribution < 1.29 is 14.0 Å². The monoisotopic (exact) mass is 423 g/mol. The molecule has 2 amide bonds. The predicted molar refractivity (Wildman–Crippen MR) is 116 cm³/mol. The number of hydrogen-bond acceptors (Lipinski definition) is 5. The van der Waals surface area contributed by atoms with Crippen LogP contribution in [0.4, 0.5) is 10.2 Å². The van der Waals surface area contributed by atoms with Crippen LogP contribution in [0.25, 0.3) is 5.57 Å². The average molecular weight is 423 g/mol. The fourth-order valence-corrected chi connectivity index (χ4v) is 4.08. The highest BCUT2D eigenvalue weighted by Crippen LogP contribution is 2.30. The minimum atomic E-state index is -0.690. The average Bonchev–Trinajstić information content (AvgIpc) is 3.15. The third kappa shape index (κ3) is 4.74. The van der Waals surface area contributed by atoms with Gasteiger partial charge in [0.25, 0.3) is 0 Å². The Hall–Kier alpha value is -3.26. The first kappa shape index (κ1) is 21.0. The van der Waals surface area contributed by atoms with Gasteiger partial charge in [-0.05, 0) is 61.1 Å². The van der Waals surface area contributed by atoms with Gasteiger partial charge in [-0.25, -0.2) is 9.37 Å². The van der Waals surface area contributed by atoms with Crippen LogP contribution in [-0.4, -0.2) is 35.4 Å². The van der Waals surface area contributed by atoms with Crippen molar-refractivity contribution in [3.8, 4) is 0 Å². The van der Waals surface area contributed by atoms with Gasteiger partial charge in [-0.15, -0.1) is 0 Å². The van der Waals surface area contributed by atoms with Gasteiger partial charge in [-0.2, -0.15) is 0 Å². The Morgan fingerprint density at radius 3 is 2.74 bits per heavy atom. The SMILES string of the molecule is CC(NC(=O)C1C=C(c2ccc(F)cc2)CCN1)C(=O)NC1CCc2nc(N)ccc21. The van der Waals surface area contributed by atoms with Crippen LogP contribution in [0.15, 0.2) is 42.5 Å². The molecule has 162 valence electrons. The van der Waals surface area contributed by atoms with Gasteiger partial charge in [-0.3, -0.25) is 9.59 Å². The topological polar surface area (TPSA) is 109 Å². The third-order valence-electron chi connectivity index (χ3n) is 5.77. The van der Waals surface area contributed by atoms with Gasteiger partial charge in [-0.1, -0.05) is 24.3 Å². The molecule has 0 fully saturated rings. The summed E-state index contributed by atoms with van der Waals surface area (Å²) in [5, 5.41) is 8.93. The predicted octanol–water partition coefficient (Wildman–Crippen LogP) is 1.86. The Labute approximate surface area is 180 Å². The maximum Gasteiger partial charge on any atom is 0.242 e. The first-order valence-corrected chi connectivity index (χ1v) is 10.5. The van der Waals surface area contributed by atoms with Crippen molar-refractivity contribution in [2.45, 2.75) is 44.3 Å². The molecule has 1 aliphatic carbocycles. The number of hydrogen-bond donors (Lipinski definition) is 4. The number of anilines is 1. The number of benzene rings is 1. The highest BCUT2D eigenvalue weighted by molar-refractivity contribution is 5.92. The Morgan fingerprint density at radius 1 is 1.19 bits per heavy atom. The normalized spacial score (nSPS) is 21.0. The zero-order chi connectivity index (χ0) is 22.0. The number of nitrogens with one attached hydrogen (secondary N) is 3. The lowest BCUT2D eigenvalue weighted by atomic mass is 9.96. The molecule has 5 N–H and O–H groups in total. The van der Waals surface area contributed by atoms with Crippen molar-refractivity contribution in [3.63, 3.8) is 0 Å². The molecular formula is C23H26FN5O2. The zero-order valence-corrected chi connectivity index (χ0v) is 17.3. The van der Waals surface area contributed by atoms with E-state index >= 15 is 0 Å². The van der Waals surface area contributed by atoms with Crippen molar-refractivity contribution in [1.29, 1.82) is 0 Å². The van der Waals surface area contributed by atoms with E-state index in [1.807, 2.05) is 12.1 Å². The molecule has 8 heteroatoms. The number of carbonyl (C=O) groups is 2. The largest absolute Gasteiger partial charge is 0.384 e. The summed E-state index contributed by atoms with van der Waals surface area (Å²) < 4.78 is 13.2. The summed E-state index contributed by atoms with van der Waals surface area (Å²) in [6, 6.07) is 8.48. The number of nitrogens with zero attached hydrogens (tertiary/aromatic N) is 1. The number of rotatable bonds is 5. The Morgan fingerprint density at radius 2 is 1.97 bits per heavy atom. The molecule has 2 aromatic rings. The molecule has 0 bridgehead atoms. The minimum absolute atomic E-state index is 0.132. The number of halogens is 1. The molecule has 31 heavy (non-hydrogen) atoms. The molecule has 0 saturated heterocycles. The van der Waals surface area contributed by atoms with Gasteiger partial charge >= 0.3 is 0 Å². The van der Waals surface area contributed by atoms with E-state index in [-0.39, 0.29) is 23.7 Å². The molecule has 4 rings (SSSR count). The lowest BCUT2D eigenvalue weighted by molar-refractivity contribution is -0.129. The molecule has 2 aliphatic rings. The third-order valence-corrected chi connectivity index (χ3v) is 5.77. The van der Waals surface area contributed by atoms with Gasteiger partial charge in [0.1, 0.15) is 23.7 Å². The van der Waals surface area contributed by atoms with Crippen LogP contribution in [0.3, 0.4) is 0 Å². The molecule has 7 nitrogen and oxygen atoms in total. The van der Waals surface area contributed by atoms with E-state index in [4.69, 9.17) is 5.73 Å². The molecule has 1 aliphatic heterocycles.